The summed E-state index contributed by atoms with van der Waals surface area (Å²) in [5.41, 5.74) is 1.29. The standard InChI is InChI=1S/C15H22ClF3N2/c1-5-6-21(10-15(17,18)19)13-8-11(9-16)7-12(20-13)14(2,3)4/h7-8H,5-6,9-10H2,1-4H3. The van der Waals surface area contributed by atoms with Crippen LogP contribution < -0.4 is 4.90 Å². The van der Waals surface area contributed by atoms with Gasteiger partial charge in [-0.1, -0.05) is 27.7 Å². The first-order valence-corrected chi connectivity index (χ1v) is 7.49. The highest BCUT2D eigenvalue weighted by Crippen LogP contribution is 2.27. The lowest BCUT2D eigenvalue weighted by Gasteiger charge is -2.27. The number of hydrogen-bond donors (Lipinski definition) is 0. The van der Waals surface area contributed by atoms with Gasteiger partial charge in [-0.15, -0.1) is 11.6 Å². The average Bonchev–Trinajstić information content (AvgIpc) is 2.35. The van der Waals surface area contributed by atoms with Crippen molar-refractivity contribution in [3.8, 4) is 0 Å². The van der Waals surface area contributed by atoms with E-state index in [9.17, 15) is 13.2 Å². The Morgan fingerprint density at radius 3 is 2.24 bits per heavy atom. The van der Waals surface area contributed by atoms with Crippen LogP contribution in [0.5, 0.6) is 0 Å². The molecule has 0 unspecified atom stereocenters. The van der Waals surface area contributed by atoms with Crippen molar-refractivity contribution < 1.29 is 13.2 Å². The van der Waals surface area contributed by atoms with Gasteiger partial charge in [0.1, 0.15) is 12.4 Å². The molecular formula is C15H22ClF3N2. The Morgan fingerprint density at radius 2 is 1.81 bits per heavy atom. The van der Waals surface area contributed by atoms with Gasteiger partial charge in [0.2, 0.25) is 0 Å². The van der Waals surface area contributed by atoms with Gasteiger partial charge in [-0.2, -0.15) is 13.2 Å². The lowest BCUT2D eigenvalue weighted by Crippen LogP contribution is -2.36. The number of rotatable bonds is 5. The molecule has 0 atom stereocenters. The van der Waals surface area contributed by atoms with E-state index in [1.807, 2.05) is 33.8 Å². The average molecular weight is 323 g/mol. The summed E-state index contributed by atoms with van der Waals surface area (Å²) in [7, 11) is 0. The molecule has 0 aliphatic carbocycles. The van der Waals surface area contributed by atoms with Crippen molar-refractivity contribution in [2.24, 2.45) is 0 Å². The SMILES string of the molecule is CCCN(CC(F)(F)F)c1cc(CCl)cc(C(C)(C)C)n1. The largest absolute Gasteiger partial charge is 0.405 e. The third-order valence-corrected chi connectivity index (χ3v) is 3.29. The third kappa shape index (κ3) is 5.73. The second-order valence-electron chi connectivity index (χ2n) is 6.14. The predicted octanol–water partition coefficient (Wildman–Crippen LogP) is 4.90. The van der Waals surface area contributed by atoms with Crippen LogP contribution in [0.15, 0.2) is 12.1 Å². The van der Waals surface area contributed by atoms with Crippen LogP contribution in [0.2, 0.25) is 0 Å². The second-order valence-corrected chi connectivity index (χ2v) is 6.41. The highest BCUT2D eigenvalue weighted by Gasteiger charge is 2.31. The van der Waals surface area contributed by atoms with Crippen molar-refractivity contribution in [3.05, 3.63) is 23.4 Å². The van der Waals surface area contributed by atoms with E-state index in [1.165, 1.54) is 4.90 Å². The summed E-state index contributed by atoms with van der Waals surface area (Å²) >= 11 is 5.87. The van der Waals surface area contributed by atoms with Gasteiger partial charge in [0, 0.05) is 23.5 Å². The van der Waals surface area contributed by atoms with Gasteiger partial charge < -0.3 is 4.90 Å². The fraction of sp³-hybridized carbons (Fsp3) is 0.667. The van der Waals surface area contributed by atoms with Gasteiger partial charge in [-0.25, -0.2) is 4.98 Å². The number of pyridine rings is 1. The Morgan fingerprint density at radius 1 is 1.19 bits per heavy atom. The zero-order valence-electron chi connectivity index (χ0n) is 12.9. The topological polar surface area (TPSA) is 16.1 Å². The van der Waals surface area contributed by atoms with Crippen LogP contribution >= 0.6 is 11.6 Å². The van der Waals surface area contributed by atoms with E-state index >= 15 is 0 Å². The molecule has 120 valence electrons. The zero-order chi connectivity index (χ0) is 16.3. The van der Waals surface area contributed by atoms with Crippen LogP contribution in [0, 0.1) is 0 Å². The Labute approximate surface area is 129 Å². The molecule has 0 spiro atoms. The van der Waals surface area contributed by atoms with Crippen LogP contribution in [0.3, 0.4) is 0 Å². The van der Waals surface area contributed by atoms with Crippen molar-refractivity contribution >= 4 is 17.4 Å². The zero-order valence-corrected chi connectivity index (χ0v) is 13.6. The normalized spacial score (nSPS) is 12.6. The molecule has 1 rings (SSSR count). The Bertz CT molecular complexity index is 467. The number of nitrogens with zero attached hydrogens (tertiary/aromatic N) is 2. The summed E-state index contributed by atoms with van der Waals surface area (Å²) in [4.78, 5) is 5.69. The molecule has 0 radical (unpaired) electrons. The lowest BCUT2D eigenvalue weighted by molar-refractivity contribution is -0.119. The number of anilines is 1. The predicted molar refractivity (Wildman–Crippen MR) is 81.1 cm³/mol. The molecule has 0 bridgehead atoms. The van der Waals surface area contributed by atoms with Crippen LogP contribution in [0.4, 0.5) is 19.0 Å². The molecule has 0 aliphatic heterocycles. The molecule has 21 heavy (non-hydrogen) atoms. The first-order valence-electron chi connectivity index (χ1n) is 6.96. The maximum atomic E-state index is 12.7. The Hall–Kier alpha value is -0.970. The van der Waals surface area contributed by atoms with E-state index in [1.54, 1.807) is 6.07 Å². The summed E-state index contributed by atoms with van der Waals surface area (Å²) < 4.78 is 38.2. The van der Waals surface area contributed by atoms with Gasteiger partial charge in [-0.05, 0) is 24.1 Å². The van der Waals surface area contributed by atoms with Crippen molar-refractivity contribution in [3.63, 3.8) is 0 Å². The van der Waals surface area contributed by atoms with E-state index in [0.29, 0.717) is 18.8 Å². The van der Waals surface area contributed by atoms with Crippen molar-refractivity contribution in [2.45, 2.75) is 51.6 Å². The first kappa shape index (κ1) is 18.1. The second kappa shape index (κ2) is 6.86. The van der Waals surface area contributed by atoms with Gasteiger partial charge in [0.05, 0.1) is 0 Å². The van der Waals surface area contributed by atoms with Crippen LogP contribution in [0.1, 0.15) is 45.4 Å². The molecule has 0 saturated carbocycles. The van der Waals surface area contributed by atoms with E-state index in [0.717, 1.165) is 11.3 Å². The minimum absolute atomic E-state index is 0.243. The van der Waals surface area contributed by atoms with Gasteiger partial charge in [-0.3, -0.25) is 0 Å². The maximum absolute atomic E-state index is 12.7. The molecule has 0 aliphatic rings. The molecule has 1 aromatic rings. The monoisotopic (exact) mass is 322 g/mol. The molecule has 0 saturated heterocycles. The first-order chi connectivity index (χ1) is 9.56. The molecule has 0 fully saturated rings. The highest BCUT2D eigenvalue weighted by atomic mass is 35.5. The van der Waals surface area contributed by atoms with Gasteiger partial charge >= 0.3 is 6.18 Å². The van der Waals surface area contributed by atoms with Gasteiger partial charge in [0.15, 0.2) is 0 Å². The molecule has 0 amide bonds. The Balaban J connectivity index is 3.23. The van der Waals surface area contributed by atoms with Crippen LogP contribution in [0.25, 0.3) is 0 Å². The van der Waals surface area contributed by atoms with Crippen LogP contribution in [-0.4, -0.2) is 24.2 Å². The van der Waals surface area contributed by atoms with Crippen LogP contribution in [-0.2, 0) is 11.3 Å². The van der Waals surface area contributed by atoms with E-state index < -0.39 is 12.7 Å². The molecule has 0 aromatic carbocycles. The summed E-state index contributed by atoms with van der Waals surface area (Å²) in [6, 6.07) is 3.50. The number of aromatic nitrogens is 1. The van der Waals surface area contributed by atoms with Crippen molar-refractivity contribution in [2.75, 3.05) is 18.0 Å². The third-order valence-electron chi connectivity index (χ3n) is 2.98. The molecule has 1 heterocycles. The lowest BCUT2D eigenvalue weighted by atomic mass is 9.91. The quantitative estimate of drug-likeness (QED) is 0.717. The summed E-state index contributed by atoms with van der Waals surface area (Å²) in [5, 5.41) is 0. The number of halogens is 4. The molecule has 6 heteroatoms. The summed E-state index contributed by atoms with van der Waals surface area (Å²) in [6.45, 7) is 7.09. The summed E-state index contributed by atoms with van der Waals surface area (Å²) in [5.74, 6) is 0.599. The highest BCUT2D eigenvalue weighted by molar-refractivity contribution is 6.17. The Kier molecular flexibility index (Phi) is 5.91. The van der Waals surface area contributed by atoms with Crippen molar-refractivity contribution in [1.82, 2.24) is 4.98 Å². The smallest absolute Gasteiger partial charge is 0.348 e. The minimum atomic E-state index is -4.25. The minimum Gasteiger partial charge on any atom is -0.348 e. The number of alkyl halides is 4. The molecular weight excluding hydrogens is 301 g/mol. The fourth-order valence-corrected chi connectivity index (χ4v) is 2.11. The van der Waals surface area contributed by atoms with E-state index in [2.05, 4.69) is 4.98 Å². The van der Waals surface area contributed by atoms with Crippen molar-refractivity contribution in [1.29, 1.82) is 0 Å². The molecule has 1 aromatic heterocycles. The van der Waals surface area contributed by atoms with Gasteiger partial charge in [0.25, 0.3) is 0 Å². The van der Waals surface area contributed by atoms with E-state index in [-0.39, 0.29) is 11.3 Å². The summed E-state index contributed by atoms with van der Waals surface area (Å²) in [6.07, 6.45) is -3.64. The maximum Gasteiger partial charge on any atom is 0.405 e. The molecule has 0 N–H and O–H groups in total. The van der Waals surface area contributed by atoms with E-state index in [4.69, 9.17) is 11.6 Å². The number of hydrogen-bond acceptors (Lipinski definition) is 2. The fourth-order valence-electron chi connectivity index (χ4n) is 1.96. The molecule has 2 nitrogen and oxygen atoms in total.